The van der Waals surface area contributed by atoms with E-state index in [0.29, 0.717) is 23.3 Å². The van der Waals surface area contributed by atoms with Crippen LogP contribution in [0.2, 0.25) is 0 Å². The summed E-state index contributed by atoms with van der Waals surface area (Å²) in [6.45, 7) is 10.8. The van der Waals surface area contributed by atoms with Crippen molar-refractivity contribution in [1.82, 2.24) is 14.9 Å². The summed E-state index contributed by atoms with van der Waals surface area (Å²) in [7, 11) is 0. The van der Waals surface area contributed by atoms with Crippen LogP contribution in [0.3, 0.4) is 0 Å². The van der Waals surface area contributed by atoms with Crippen molar-refractivity contribution in [2.24, 2.45) is 5.92 Å². The molecule has 0 aliphatic carbocycles. The monoisotopic (exact) mass is 490 g/mol. The standard InChI is InChI=1S/C29H35FN4O2/c1-21(2)24-7-3-4-8-25(24)26-16-23(30)9-10-27(26)36-28-17-31-20-32-29(28)34-13-11-33(12-14-34)18-22-6-5-15-35-19-22/h3-4,7-10,16-17,20-22H,5-6,11-15,18-19H2,1-2H3. The summed E-state index contributed by atoms with van der Waals surface area (Å²) in [5, 5.41) is 0. The van der Waals surface area contributed by atoms with E-state index in [1.807, 2.05) is 18.2 Å². The van der Waals surface area contributed by atoms with Crippen LogP contribution in [0.1, 0.15) is 38.2 Å². The molecular weight excluding hydrogens is 455 g/mol. The zero-order valence-corrected chi connectivity index (χ0v) is 21.2. The second kappa shape index (κ2) is 11.4. The molecular formula is C29H35FN4O2. The van der Waals surface area contributed by atoms with Crippen molar-refractivity contribution in [1.29, 1.82) is 0 Å². The molecule has 3 aromatic rings. The molecule has 0 N–H and O–H groups in total. The predicted octanol–water partition coefficient (Wildman–Crippen LogP) is 5.75. The highest BCUT2D eigenvalue weighted by Crippen LogP contribution is 2.39. The number of halogens is 1. The largest absolute Gasteiger partial charge is 0.451 e. The van der Waals surface area contributed by atoms with Crippen molar-refractivity contribution in [3.63, 3.8) is 0 Å². The van der Waals surface area contributed by atoms with E-state index in [2.05, 4.69) is 39.7 Å². The summed E-state index contributed by atoms with van der Waals surface area (Å²) in [4.78, 5) is 13.6. The third-order valence-electron chi connectivity index (χ3n) is 7.14. The Morgan fingerprint density at radius 2 is 1.89 bits per heavy atom. The van der Waals surface area contributed by atoms with Crippen molar-refractivity contribution in [2.75, 3.05) is 50.8 Å². The molecule has 3 heterocycles. The molecule has 0 radical (unpaired) electrons. The number of anilines is 1. The van der Waals surface area contributed by atoms with Gasteiger partial charge in [-0.05, 0) is 54.0 Å². The maximum Gasteiger partial charge on any atom is 0.188 e. The van der Waals surface area contributed by atoms with E-state index in [1.165, 1.54) is 18.9 Å². The molecule has 0 spiro atoms. The Labute approximate surface area is 213 Å². The fourth-order valence-electron chi connectivity index (χ4n) is 5.24. The molecule has 1 aromatic heterocycles. The van der Waals surface area contributed by atoms with Crippen molar-refractivity contribution >= 4 is 5.82 Å². The first-order valence-electron chi connectivity index (χ1n) is 13.0. The van der Waals surface area contributed by atoms with Gasteiger partial charge in [-0.3, -0.25) is 4.90 Å². The minimum absolute atomic E-state index is 0.292. The van der Waals surface area contributed by atoms with Crippen molar-refractivity contribution in [3.05, 3.63) is 66.4 Å². The third-order valence-corrected chi connectivity index (χ3v) is 7.14. The van der Waals surface area contributed by atoms with Crippen molar-refractivity contribution < 1.29 is 13.9 Å². The van der Waals surface area contributed by atoms with Crippen LogP contribution in [0.15, 0.2) is 55.0 Å². The van der Waals surface area contributed by atoms with Crippen molar-refractivity contribution in [3.8, 4) is 22.6 Å². The van der Waals surface area contributed by atoms with E-state index < -0.39 is 0 Å². The van der Waals surface area contributed by atoms with Gasteiger partial charge in [0, 0.05) is 44.9 Å². The minimum Gasteiger partial charge on any atom is -0.451 e. The number of rotatable bonds is 7. The molecule has 1 unspecified atom stereocenters. The average Bonchev–Trinajstić information content (AvgIpc) is 2.91. The van der Waals surface area contributed by atoms with Gasteiger partial charge in [-0.1, -0.05) is 38.1 Å². The highest BCUT2D eigenvalue weighted by molar-refractivity contribution is 5.74. The number of hydrogen-bond donors (Lipinski definition) is 0. The zero-order chi connectivity index (χ0) is 24.9. The van der Waals surface area contributed by atoms with Gasteiger partial charge in [-0.2, -0.15) is 0 Å². The van der Waals surface area contributed by atoms with E-state index in [0.717, 1.165) is 68.4 Å². The Balaban J connectivity index is 1.35. The average molecular weight is 491 g/mol. The van der Waals surface area contributed by atoms with E-state index in [9.17, 15) is 4.39 Å². The fourth-order valence-corrected chi connectivity index (χ4v) is 5.24. The molecule has 1 atom stereocenters. The van der Waals surface area contributed by atoms with Crippen molar-refractivity contribution in [2.45, 2.75) is 32.6 Å². The summed E-state index contributed by atoms with van der Waals surface area (Å²) >= 11 is 0. The number of nitrogens with zero attached hydrogens (tertiary/aromatic N) is 4. The molecule has 36 heavy (non-hydrogen) atoms. The summed E-state index contributed by atoms with van der Waals surface area (Å²) in [6, 6.07) is 12.8. The third kappa shape index (κ3) is 5.68. The van der Waals surface area contributed by atoms with E-state index in [-0.39, 0.29) is 5.82 Å². The van der Waals surface area contributed by atoms with Gasteiger partial charge in [-0.25, -0.2) is 14.4 Å². The fraction of sp³-hybridized carbons (Fsp3) is 0.448. The molecule has 0 saturated carbocycles. The summed E-state index contributed by atoms with van der Waals surface area (Å²) in [6.07, 6.45) is 5.69. The molecule has 6 nitrogen and oxygen atoms in total. The molecule has 0 bridgehead atoms. The Morgan fingerprint density at radius 3 is 2.67 bits per heavy atom. The van der Waals surface area contributed by atoms with Crippen LogP contribution in [0.25, 0.3) is 11.1 Å². The van der Waals surface area contributed by atoms with Crippen LogP contribution in [0.4, 0.5) is 10.2 Å². The number of hydrogen-bond acceptors (Lipinski definition) is 6. The number of aromatic nitrogens is 2. The second-order valence-electron chi connectivity index (χ2n) is 10.1. The Hall–Kier alpha value is -3.03. The summed E-state index contributed by atoms with van der Waals surface area (Å²) < 4.78 is 26.5. The van der Waals surface area contributed by atoms with Crippen LogP contribution in [0, 0.1) is 11.7 Å². The lowest BCUT2D eigenvalue weighted by Crippen LogP contribution is -2.48. The van der Waals surface area contributed by atoms with Gasteiger partial charge in [0.15, 0.2) is 11.6 Å². The molecule has 2 aliphatic rings. The van der Waals surface area contributed by atoms with Crippen LogP contribution >= 0.6 is 0 Å². The molecule has 2 saturated heterocycles. The molecule has 2 aromatic carbocycles. The molecule has 0 amide bonds. The zero-order valence-electron chi connectivity index (χ0n) is 21.2. The lowest BCUT2D eigenvalue weighted by atomic mass is 9.92. The Morgan fingerprint density at radius 1 is 1.06 bits per heavy atom. The van der Waals surface area contributed by atoms with E-state index in [1.54, 1.807) is 24.7 Å². The number of piperazine rings is 1. The first-order valence-corrected chi connectivity index (χ1v) is 13.0. The number of ether oxygens (including phenoxy) is 2. The van der Waals surface area contributed by atoms with E-state index >= 15 is 0 Å². The highest BCUT2D eigenvalue weighted by atomic mass is 19.1. The molecule has 190 valence electrons. The molecule has 7 heteroatoms. The summed E-state index contributed by atoms with van der Waals surface area (Å²) in [5.41, 5.74) is 2.85. The first-order chi connectivity index (χ1) is 17.6. The smallest absolute Gasteiger partial charge is 0.188 e. The first kappa shape index (κ1) is 24.7. The van der Waals surface area contributed by atoms with Crippen LogP contribution in [-0.4, -0.2) is 60.8 Å². The predicted molar refractivity (Wildman–Crippen MR) is 140 cm³/mol. The van der Waals surface area contributed by atoms with E-state index in [4.69, 9.17) is 9.47 Å². The van der Waals surface area contributed by atoms with Gasteiger partial charge >= 0.3 is 0 Å². The normalized spacial score (nSPS) is 19.0. The molecule has 5 rings (SSSR count). The quantitative estimate of drug-likeness (QED) is 0.421. The van der Waals surface area contributed by atoms with Crippen LogP contribution in [0.5, 0.6) is 11.5 Å². The summed E-state index contributed by atoms with van der Waals surface area (Å²) in [5.74, 6) is 2.59. The van der Waals surface area contributed by atoms with Gasteiger partial charge < -0.3 is 14.4 Å². The van der Waals surface area contributed by atoms with Crippen LogP contribution < -0.4 is 9.64 Å². The van der Waals surface area contributed by atoms with Gasteiger partial charge in [0.25, 0.3) is 0 Å². The van der Waals surface area contributed by atoms with Gasteiger partial charge in [-0.15, -0.1) is 0 Å². The van der Waals surface area contributed by atoms with Gasteiger partial charge in [0.1, 0.15) is 17.9 Å². The van der Waals surface area contributed by atoms with Crippen LogP contribution in [-0.2, 0) is 4.74 Å². The Kier molecular flexibility index (Phi) is 7.78. The molecule has 2 aliphatic heterocycles. The minimum atomic E-state index is -0.292. The lowest BCUT2D eigenvalue weighted by molar-refractivity contribution is 0.0376. The molecule has 2 fully saturated rings. The number of benzene rings is 2. The van der Waals surface area contributed by atoms with Gasteiger partial charge in [0.05, 0.1) is 12.8 Å². The van der Waals surface area contributed by atoms with Gasteiger partial charge in [0.2, 0.25) is 0 Å². The highest BCUT2D eigenvalue weighted by Gasteiger charge is 2.25. The maximum absolute atomic E-state index is 14.4. The SMILES string of the molecule is CC(C)c1ccccc1-c1cc(F)ccc1Oc1cncnc1N1CCN(CC2CCCOC2)CC1. The lowest BCUT2D eigenvalue weighted by Gasteiger charge is -2.38. The maximum atomic E-state index is 14.4. The topological polar surface area (TPSA) is 50.7 Å². The Bertz CT molecular complexity index is 1160. The second-order valence-corrected chi connectivity index (χ2v) is 10.1.